The molecule has 7 heteroatoms. The third kappa shape index (κ3) is 5.24. The van der Waals surface area contributed by atoms with E-state index in [2.05, 4.69) is 62.6 Å². The van der Waals surface area contributed by atoms with Crippen molar-refractivity contribution in [3.05, 3.63) is 65.7 Å². The smallest absolute Gasteiger partial charge is 0.205 e. The van der Waals surface area contributed by atoms with Crippen LogP contribution < -0.4 is 0 Å². The van der Waals surface area contributed by atoms with E-state index in [4.69, 9.17) is 10.1 Å². The summed E-state index contributed by atoms with van der Waals surface area (Å²) in [5.74, 6) is 3.58. The Balaban J connectivity index is 1.30. The lowest BCUT2D eigenvalue weighted by Crippen LogP contribution is -2.08. The predicted octanol–water partition coefficient (Wildman–Crippen LogP) is 5.64. The number of nitrogens with zero attached hydrogens (tertiary/aromatic N) is 6. The van der Waals surface area contributed by atoms with E-state index >= 15 is 0 Å². The molecular weight excluding hydrogens is 422 g/mol. The molecule has 0 aliphatic heterocycles. The Morgan fingerprint density at radius 1 is 0.941 bits per heavy atom. The molecule has 0 atom stereocenters. The van der Waals surface area contributed by atoms with Gasteiger partial charge in [0.2, 0.25) is 5.82 Å². The maximum Gasteiger partial charge on any atom is 0.205 e. The summed E-state index contributed by atoms with van der Waals surface area (Å²) in [5, 5.41) is 19.5. The van der Waals surface area contributed by atoms with Gasteiger partial charge >= 0.3 is 0 Å². The minimum Gasteiger partial charge on any atom is -0.245 e. The first-order chi connectivity index (χ1) is 16.8. The van der Waals surface area contributed by atoms with Crippen LogP contribution in [0.1, 0.15) is 69.1 Å². The molecule has 1 N–H and O–H groups in total. The van der Waals surface area contributed by atoms with Crippen molar-refractivity contribution >= 4 is 0 Å². The molecule has 0 bridgehead atoms. The van der Waals surface area contributed by atoms with Crippen LogP contribution >= 0.6 is 0 Å². The molecule has 0 radical (unpaired) electrons. The van der Waals surface area contributed by atoms with Gasteiger partial charge in [0.25, 0.3) is 0 Å². The molecule has 5 rings (SSSR count). The molecule has 176 valence electrons. The van der Waals surface area contributed by atoms with Crippen molar-refractivity contribution in [2.45, 2.75) is 71.3 Å². The van der Waals surface area contributed by atoms with Crippen molar-refractivity contribution in [3.8, 4) is 22.5 Å². The maximum absolute atomic E-state index is 4.92. The standard InChI is InChI=1S/C27H33N7/c1-2-8-26-28-25(18-15-20-9-4-3-5-10-20)31-34(26)19-21-13-16-22(17-14-21)23-11-6-7-12-24(23)27-29-32-33-30-27/h6-7,11-14,16-17,20H,2-5,8-10,15,18-19H2,1H3,(H,29,30,32,33). The Morgan fingerprint density at radius 3 is 2.47 bits per heavy atom. The fraction of sp³-hybridized carbons (Fsp3) is 0.444. The molecule has 2 aromatic carbocycles. The number of aromatic nitrogens is 7. The lowest BCUT2D eigenvalue weighted by Gasteiger charge is -2.20. The highest BCUT2D eigenvalue weighted by Gasteiger charge is 2.16. The molecule has 0 spiro atoms. The molecule has 2 aromatic heterocycles. The number of H-pyrrole nitrogens is 1. The van der Waals surface area contributed by atoms with E-state index in [1.807, 2.05) is 18.2 Å². The predicted molar refractivity (Wildman–Crippen MR) is 133 cm³/mol. The topological polar surface area (TPSA) is 85.2 Å². The molecule has 7 nitrogen and oxygen atoms in total. The number of nitrogens with one attached hydrogen (secondary N) is 1. The summed E-state index contributed by atoms with van der Waals surface area (Å²) in [6.45, 7) is 2.95. The van der Waals surface area contributed by atoms with Gasteiger partial charge in [0.05, 0.1) is 6.54 Å². The second-order valence-electron chi connectivity index (χ2n) is 9.37. The number of hydrogen-bond donors (Lipinski definition) is 1. The van der Waals surface area contributed by atoms with Gasteiger partial charge in [0.1, 0.15) is 5.82 Å². The van der Waals surface area contributed by atoms with Gasteiger partial charge in [-0.05, 0) is 40.7 Å². The second-order valence-corrected chi connectivity index (χ2v) is 9.37. The molecule has 1 aliphatic rings. The molecule has 34 heavy (non-hydrogen) atoms. The van der Waals surface area contributed by atoms with Gasteiger partial charge in [-0.3, -0.25) is 0 Å². The average molecular weight is 456 g/mol. The van der Waals surface area contributed by atoms with Gasteiger partial charge in [-0.25, -0.2) is 9.67 Å². The lowest BCUT2D eigenvalue weighted by molar-refractivity contribution is 0.337. The highest BCUT2D eigenvalue weighted by Crippen LogP contribution is 2.30. The number of tetrazole rings is 1. The summed E-state index contributed by atoms with van der Waals surface area (Å²) in [6.07, 6.45) is 11.2. The third-order valence-electron chi connectivity index (χ3n) is 6.88. The average Bonchev–Trinajstić information content (AvgIpc) is 3.55. The summed E-state index contributed by atoms with van der Waals surface area (Å²) in [7, 11) is 0. The molecule has 0 amide bonds. The molecule has 1 saturated carbocycles. The van der Waals surface area contributed by atoms with Gasteiger partial charge in [-0.1, -0.05) is 87.6 Å². The van der Waals surface area contributed by atoms with Gasteiger partial charge in [-0.2, -0.15) is 10.3 Å². The summed E-state index contributed by atoms with van der Waals surface area (Å²) < 4.78 is 2.11. The van der Waals surface area contributed by atoms with Crippen molar-refractivity contribution in [3.63, 3.8) is 0 Å². The number of aromatic amines is 1. The number of benzene rings is 2. The fourth-order valence-corrected chi connectivity index (χ4v) is 5.04. The number of rotatable bonds is 9. The van der Waals surface area contributed by atoms with Crippen LogP contribution in [0.15, 0.2) is 48.5 Å². The third-order valence-corrected chi connectivity index (χ3v) is 6.88. The SMILES string of the molecule is CCCc1nc(CCC2CCCCC2)nn1Cc1ccc(-c2ccccc2-c2nn[nH]n2)cc1. The number of aryl methyl sites for hydroxylation is 2. The van der Waals surface area contributed by atoms with Crippen molar-refractivity contribution in [2.75, 3.05) is 0 Å². The van der Waals surface area contributed by atoms with Crippen LogP contribution in [-0.4, -0.2) is 35.4 Å². The zero-order valence-corrected chi connectivity index (χ0v) is 20.0. The van der Waals surface area contributed by atoms with Crippen molar-refractivity contribution in [1.29, 1.82) is 0 Å². The van der Waals surface area contributed by atoms with E-state index < -0.39 is 0 Å². The summed E-state index contributed by atoms with van der Waals surface area (Å²) in [4.78, 5) is 4.91. The van der Waals surface area contributed by atoms with E-state index in [0.29, 0.717) is 5.82 Å². The molecule has 2 heterocycles. The van der Waals surface area contributed by atoms with Crippen molar-refractivity contribution < 1.29 is 0 Å². The minimum absolute atomic E-state index is 0.604. The highest BCUT2D eigenvalue weighted by molar-refractivity contribution is 5.80. The minimum atomic E-state index is 0.604. The molecule has 1 fully saturated rings. The largest absolute Gasteiger partial charge is 0.245 e. The van der Waals surface area contributed by atoms with Crippen LogP contribution in [0.3, 0.4) is 0 Å². The second kappa shape index (κ2) is 10.7. The van der Waals surface area contributed by atoms with E-state index in [-0.39, 0.29) is 0 Å². The Kier molecular flexibility index (Phi) is 7.08. The van der Waals surface area contributed by atoms with Gasteiger partial charge in [-0.15, -0.1) is 10.2 Å². The van der Waals surface area contributed by atoms with Crippen LogP contribution in [-0.2, 0) is 19.4 Å². The van der Waals surface area contributed by atoms with Crippen molar-refractivity contribution in [1.82, 2.24) is 35.4 Å². The fourth-order valence-electron chi connectivity index (χ4n) is 5.04. The van der Waals surface area contributed by atoms with Crippen LogP contribution in [0, 0.1) is 5.92 Å². The van der Waals surface area contributed by atoms with E-state index in [1.54, 1.807) is 0 Å². The van der Waals surface area contributed by atoms with E-state index in [0.717, 1.165) is 60.1 Å². The zero-order chi connectivity index (χ0) is 23.2. The van der Waals surface area contributed by atoms with Gasteiger partial charge in [0, 0.05) is 18.4 Å². The van der Waals surface area contributed by atoms with Crippen LogP contribution in [0.4, 0.5) is 0 Å². The first-order valence-corrected chi connectivity index (χ1v) is 12.6. The van der Waals surface area contributed by atoms with Crippen molar-refractivity contribution in [2.24, 2.45) is 5.92 Å². The maximum atomic E-state index is 4.92. The quantitative estimate of drug-likeness (QED) is 0.353. The first kappa shape index (κ1) is 22.4. The lowest BCUT2D eigenvalue weighted by atomic mass is 9.86. The number of hydrogen-bond acceptors (Lipinski definition) is 5. The first-order valence-electron chi connectivity index (χ1n) is 12.6. The molecular formula is C27H33N7. The molecule has 0 unspecified atom stereocenters. The summed E-state index contributed by atoms with van der Waals surface area (Å²) in [5.41, 5.74) is 4.41. The van der Waals surface area contributed by atoms with Crippen LogP contribution in [0.5, 0.6) is 0 Å². The van der Waals surface area contributed by atoms with Gasteiger partial charge in [0.15, 0.2) is 5.82 Å². The Morgan fingerprint density at radius 2 is 1.74 bits per heavy atom. The Labute approximate surface area is 201 Å². The zero-order valence-electron chi connectivity index (χ0n) is 20.0. The normalized spacial score (nSPS) is 14.5. The molecule has 0 saturated heterocycles. The summed E-state index contributed by atoms with van der Waals surface area (Å²) >= 11 is 0. The summed E-state index contributed by atoms with van der Waals surface area (Å²) in [6, 6.07) is 16.8. The molecule has 1 aliphatic carbocycles. The Hall–Kier alpha value is -3.35. The van der Waals surface area contributed by atoms with E-state index in [9.17, 15) is 0 Å². The van der Waals surface area contributed by atoms with Gasteiger partial charge < -0.3 is 0 Å². The molecule has 4 aromatic rings. The van der Waals surface area contributed by atoms with Crippen LogP contribution in [0.25, 0.3) is 22.5 Å². The highest BCUT2D eigenvalue weighted by atomic mass is 15.5. The monoisotopic (exact) mass is 455 g/mol. The Bertz CT molecular complexity index is 1170. The van der Waals surface area contributed by atoms with E-state index in [1.165, 1.54) is 44.1 Å². The van der Waals surface area contributed by atoms with Crippen LogP contribution in [0.2, 0.25) is 0 Å².